The molecule has 90 valence electrons. The number of hydrogen-bond acceptors (Lipinski definition) is 2. The molecule has 0 fully saturated rings. The molecule has 0 unspecified atom stereocenters. The third-order valence-corrected chi connectivity index (χ3v) is 2.66. The number of amides is 2. The highest BCUT2D eigenvalue weighted by molar-refractivity contribution is 5.96. The average molecular weight is 232 g/mol. The first-order valence-corrected chi connectivity index (χ1v) is 5.76. The first kappa shape index (κ1) is 11.4. The van der Waals surface area contributed by atoms with Crippen LogP contribution in [0.1, 0.15) is 25.1 Å². The van der Waals surface area contributed by atoms with Gasteiger partial charge in [-0.2, -0.15) is 5.10 Å². The molecule has 5 nitrogen and oxygen atoms in total. The van der Waals surface area contributed by atoms with Crippen molar-refractivity contribution in [1.29, 1.82) is 0 Å². The van der Waals surface area contributed by atoms with E-state index in [-0.39, 0.29) is 6.03 Å². The highest BCUT2D eigenvalue weighted by atomic mass is 16.2. The van der Waals surface area contributed by atoms with E-state index in [9.17, 15) is 4.79 Å². The Balaban J connectivity index is 0.000000514. The maximum absolute atomic E-state index is 11.1. The number of fused-ring (bicyclic) bond motifs is 2. The number of aryl methyl sites for hydroxylation is 1. The summed E-state index contributed by atoms with van der Waals surface area (Å²) in [6, 6.07) is 3.79. The van der Waals surface area contributed by atoms with Crippen molar-refractivity contribution in [2.45, 2.75) is 27.3 Å². The molecule has 0 radical (unpaired) electrons. The van der Waals surface area contributed by atoms with Crippen LogP contribution in [0.25, 0.3) is 10.9 Å². The summed E-state index contributed by atoms with van der Waals surface area (Å²) in [5.41, 5.74) is 3.86. The highest BCUT2D eigenvalue weighted by Crippen LogP contribution is 2.26. The van der Waals surface area contributed by atoms with Gasteiger partial charge in [0.25, 0.3) is 0 Å². The van der Waals surface area contributed by atoms with Gasteiger partial charge < -0.3 is 10.6 Å². The predicted molar refractivity (Wildman–Crippen MR) is 68.0 cm³/mol. The molecule has 0 atom stereocenters. The fourth-order valence-electron chi connectivity index (χ4n) is 1.83. The van der Waals surface area contributed by atoms with E-state index in [1.54, 1.807) is 0 Å². The van der Waals surface area contributed by atoms with Gasteiger partial charge in [0, 0.05) is 23.3 Å². The standard InChI is InChI=1S/C10H10N4O.C2H6/c1-5-7-2-6-4-11-10(15)12-8(6)3-9(7)14-13-5;1-2/h2-3H,4H2,1H3,(H,13,14)(H2,11,12,15);1-2H3. The number of carbonyl (C=O) groups excluding carboxylic acids is 1. The fraction of sp³-hybridized carbons (Fsp3) is 0.333. The molecule has 1 aliphatic rings. The number of rotatable bonds is 0. The third-order valence-electron chi connectivity index (χ3n) is 2.66. The number of H-pyrrole nitrogens is 1. The topological polar surface area (TPSA) is 69.8 Å². The molecule has 3 N–H and O–H groups in total. The van der Waals surface area contributed by atoms with E-state index in [1.165, 1.54) is 0 Å². The Morgan fingerprint density at radius 1 is 1.29 bits per heavy atom. The minimum Gasteiger partial charge on any atom is -0.334 e. The van der Waals surface area contributed by atoms with Crippen LogP contribution in [0.3, 0.4) is 0 Å². The van der Waals surface area contributed by atoms with Gasteiger partial charge in [0.2, 0.25) is 0 Å². The number of carbonyl (C=O) groups is 1. The molecule has 17 heavy (non-hydrogen) atoms. The van der Waals surface area contributed by atoms with Gasteiger partial charge in [0.05, 0.1) is 5.52 Å². The van der Waals surface area contributed by atoms with E-state index in [2.05, 4.69) is 26.9 Å². The SMILES string of the molecule is CC.Cc1[nH]nc2cc3c(cc12)CNC(=O)N3. The Kier molecular flexibility index (Phi) is 2.99. The van der Waals surface area contributed by atoms with Crippen LogP contribution in [-0.2, 0) is 6.54 Å². The zero-order valence-electron chi connectivity index (χ0n) is 10.2. The van der Waals surface area contributed by atoms with Crippen molar-refractivity contribution < 1.29 is 4.79 Å². The molecule has 2 heterocycles. The van der Waals surface area contributed by atoms with Crippen molar-refractivity contribution in [3.05, 3.63) is 23.4 Å². The highest BCUT2D eigenvalue weighted by Gasteiger charge is 2.15. The molecular weight excluding hydrogens is 216 g/mol. The molecule has 1 aromatic heterocycles. The monoisotopic (exact) mass is 232 g/mol. The molecule has 0 bridgehead atoms. The van der Waals surface area contributed by atoms with Crippen LogP contribution in [-0.4, -0.2) is 16.2 Å². The fourth-order valence-corrected chi connectivity index (χ4v) is 1.83. The summed E-state index contributed by atoms with van der Waals surface area (Å²) in [4.78, 5) is 11.1. The van der Waals surface area contributed by atoms with E-state index in [0.717, 1.165) is 27.8 Å². The molecule has 2 amide bonds. The molecule has 0 aliphatic carbocycles. The quantitative estimate of drug-likeness (QED) is 0.653. The Morgan fingerprint density at radius 3 is 2.82 bits per heavy atom. The summed E-state index contributed by atoms with van der Waals surface area (Å²) in [6.45, 7) is 6.55. The molecule has 1 aromatic carbocycles. The predicted octanol–water partition coefficient (Wildman–Crippen LogP) is 2.53. The number of aromatic amines is 1. The normalized spacial score (nSPS) is 13.2. The van der Waals surface area contributed by atoms with Crippen molar-refractivity contribution in [2.75, 3.05) is 5.32 Å². The number of urea groups is 1. The van der Waals surface area contributed by atoms with Gasteiger partial charge in [0.15, 0.2) is 0 Å². The van der Waals surface area contributed by atoms with Gasteiger partial charge in [-0.15, -0.1) is 0 Å². The lowest BCUT2D eigenvalue weighted by atomic mass is 10.1. The second-order valence-electron chi connectivity index (χ2n) is 3.68. The van der Waals surface area contributed by atoms with E-state index in [1.807, 2.05) is 26.8 Å². The summed E-state index contributed by atoms with van der Waals surface area (Å²) in [5.74, 6) is 0. The van der Waals surface area contributed by atoms with Gasteiger partial charge >= 0.3 is 6.03 Å². The smallest absolute Gasteiger partial charge is 0.319 e. The van der Waals surface area contributed by atoms with Crippen LogP contribution in [0.2, 0.25) is 0 Å². The van der Waals surface area contributed by atoms with Crippen LogP contribution in [0.5, 0.6) is 0 Å². The Bertz CT molecular complexity index is 559. The minimum atomic E-state index is -0.158. The zero-order valence-corrected chi connectivity index (χ0v) is 10.2. The van der Waals surface area contributed by atoms with E-state index in [4.69, 9.17) is 0 Å². The summed E-state index contributed by atoms with van der Waals surface area (Å²) in [5, 5.41) is 13.7. The third kappa shape index (κ3) is 1.95. The molecule has 5 heteroatoms. The van der Waals surface area contributed by atoms with Gasteiger partial charge in [0.1, 0.15) is 0 Å². The van der Waals surface area contributed by atoms with Crippen LogP contribution < -0.4 is 10.6 Å². The second-order valence-corrected chi connectivity index (χ2v) is 3.68. The molecule has 2 aromatic rings. The maximum atomic E-state index is 11.1. The number of benzene rings is 1. The number of aromatic nitrogens is 2. The van der Waals surface area contributed by atoms with Gasteiger partial charge in [-0.05, 0) is 24.6 Å². The van der Waals surface area contributed by atoms with Crippen molar-refractivity contribution in [2.24, 2.45) is 0 Å². The lowest BCUT2D eigenvalue weighted by Gasteiger charge is -2.17. The largest absolute Gasteiger partial charge is 0.334 e. The summed E-state index contributed by atoms with van der Waals surface area (Å²) < 4.78 is 0. The molecule has 0 saturated heterocycles. The zero-order chi connectivity index (χ0) is 12.4. The van der Waals surface area contributed by atoms with Crippen LogP contribution >= 0.6 is 0 Å². The minimum absolute atomic E-state index is 0.158. The van der Waals surface area contributed by atoms with Crippen LogP contribution in [0.15, 0.2) is 12.1 Å². The van der Waals surface area contributed by atoms with Gasteiger partial charge in [-0.1, -0.05) is 13.8 Å². The number of nitrogens with one attached hydrogen (secondary N) is 3. The van der Waals surface area contributed by atoms with E-state index >= 15 is 0 Å². The maximum Gasteiger partial charge on any atom is 0.319 e. The van der Waals surface area contributed by atoms with Crippen LogP contribution in [0, 0.1) is 6.92 Å². The molecule has 0 spiro atoms. The lowest BCUT2D eigenvalue weighted by Crippen LogP contribution is -2.33. The first-order valence-electron chi connectivity index (χ1n) is 5.76. The summed E-state index contributed by atoms with van der Waals surface area (Å²) in [7, 11) is 0. The van der Waals surface area contributed by atoms with E-state index < -0.39 is 0 Å². The lowest BCUT2D eigenvalue weighted by molar-refractivity contribution is 0.251. The van der Waals surface area contributed by atoms with Gasteiger partial charge in [-0.25, -0.2) is 4.79 Å². The van der Waals surface area contributed by atoms with Gasteiger partial charge in [-0.3, -0.25) is 5.10 Å². The Morgan fingerprint density at radius 2 is 2.06 bits per heavy atom. The number of hydrogen-bond donors (Lipinski definition) is 3. The van der Waals surface area contributed by atoms with E-state index in [0.29, 0.717) is 6.54 Å². The van der Waals surface area contributed by atoms with Crippen molar-refractivity contribution in [3.63, 3.8) is 0 Å². The Labute approximate surface area is 99.6 Å². The molecule has 3 rings (SSSR count). The van der Waals surface area contributed by atoms with Crippen molar-refractivity contribution in [3.8, 4) is 0 Å². The van der Waals surface area contributed by atoms with Crippen molar-refractivity contribution in [1.82, 2.24) is 15.5 Å². The molecule has 0 saturated carbocycles. The number of nitrogens with zero attached hydrogens (tertiary/aromatic N) is 1. The first-order chi connectivity index (χ1) is 8.24. The summed E-state index contributed by atoms with van der Waals surface area (Å²) in [6.07, 6.45) is 0. The number of anilines is 1. The Hall–Kier alpha value is -2.04. The second kappa shape index (κ2) is 4.45. The summed E-state index contributed by atoms with van der Waals surface area (Å²) >= 11 is 0. The van der Waals surface area contributed by atoms with Crippen molar-refractivity contribution >= 4 is 22.6 Å². The average Bonchev–Trinajstić information content (AvgIpc) is 2.71. The molecular formula is C12H16N4O. The molecule has 1 aliphatic heterocycles. The van der Waals surface area contributed by atoms with Crippen LogP contribution in [0.4, 0.5) is 10.5 Å².